The number of ether oxygens (including phenoxy) is 1. The number of hydrogen-bond donors (Lipinski definition) is 1. The van der Waals surface area contributed by atoms with Gasteiger partial charge in [-0.3, -0.25) is 0 Å². The van der Waals surface area contributed by atoms with Gasteiger partial charge in [-0.15, -0.1) is 0 Å². The normalized spacial score (nSPS) is 57.5. The van der Waals surface area contributed by atoms with Crippen LogP contribution in [-0.4, -0.2) is 23.3 Å². The van der Waals surface area contributed by atoms with Crippen LogP contribution < -0.4 is 0 Å². The number of rotatable bonds is 2. The molecule has 4 aliphatic rings. The van der Waals surface area contributed by atoms with Crippen molar-refractivity contribution >= 4 is 5.97 Å². The van der Waals surface area contributed by atoms with Crippen molar-refractivity contribution in [2.75, 3.05) is 0 Å². The zero-order valence-electron chi connectivity index (χ0n) is 9.79. The van der Waals surface area contributed by atoms with Gasteiger partial charge in [0.2, 0.25) is 0 Å². The van der Waals surface area contributed by atoms with Crippen molar-refractivity contribution in [2.45, 2.75) is 31.5 Å². The molecule has 0 heterocycles. The molecule has 8 atom stereocenters. The van der Waals surface area contributed by atoms with Gasteiger partial charge in [0.25, 0.3) is 0 Å². The molecule has 1 N–H and O–H groups in total. The smallest absolute Gasteiger partial charge is 0.330 e. The standard InChI is InChI=1S/C14H18O3/c1-2-11(15)17-10-4-6-3-9(10)13-7-5-8(7)14(16)12(6)13/h2,6-10,12-14,16H,1,3-5H2. The van der Waals surface area contributed by atoms with Crippen LogP contribution in [0.5, 0.6) is 0 Å². The number of carbonyl (C=O) groups excluding carboxylic acids is 1. The minimum Gasteiger partial charge on any atom is -0.459 e. The van der Waals surface area contributed by atoms with E-state index < -0.39 is 0 Å². The van der Waals surface area contributed by atoms with Crippen molar-refractivity contribution in [3.05, 3.63) is 12.7 Å². The summed E-state index contributed by atoms with van der Waals surface area (Å²) in [5, 5.41) is 10.2. The van der Waals surface area contributed by atoms with Crippen LogP contribution in [0.15, 0.2) is 12.7 Å². The molecular weight excluding hydrogens is 216 g/mol. The summed E-state index contributed by atoms with van der Waals surface area (Å²) in [5.74, 6) is 3.28. The van der Waals surface area contributed by atoms with Gasteiger partial charge in [-0.05, 0) is 54.8 Å². The van der Waals surface area contributed by atoms with Gasteiger partial charge in [0.1, 0.15) is 6.10 Å². The number of carbonyl (C=O) groups is 1. The Kier molecular flexibility index (Phi) is 1.87. The summed E-state index contributed by atoms with van der Waals surface area (Å²) < 4.78 is 5.47. The summed E-state index contributed by atoms with van der Waals surface area (Å²) in [6, 6.07) is 0. The van der Waals surface area contributed by atoms with Gasteiger partial charge in [-0.2, -0.15) is 0 Å². The molecule has 3 heteroatoms. The molecular formula is C14H18O3. The van der Waals surface area contributed by atoms with Crippen molar-refractivity contribution < 1.29 is 14.6 Å². The first-order valence-corrected chi connectivity index (χ1v) is 6.72. The van der Waals surface area contributed by atoms with Crippen LogP contribution in [0.3, 0.4) is 0 Å². The molecule has 3 nitrogen and oxygen atoms in total. The van der Waals surface area contributed by atoms with Crippen molar-refractivity contribution in [3.8, 4) is 0 Å². The van der Waals surface area contributed by atoms with E-state index in [1.54, 1.807) is 0 Å². The Morgan fingerprint density at radius 3 is 2.76 bits per heavy atom. The van der Waals surface area contributed by atoms with Crippen molar-refractivity contribution in [3.63, 3.8) is 0 Å². The monoisotopic (exact) mass is 234 g/mol. The summed E-state index contributed by atoms with van der Waals surface area (Å²) in [6.45, 7) is 3.45. The van der Waals surface area contributed by atoms with E-state index in [-0.39, 0.29) is 18.2 Å². The van der Waals surface area contributed by atoms with Gasteiger partial charge in [0.15, 0.2) is 0 Å². The summed E-state index contributed by atoms with van der Waals surface area (Å²) in [4.78, 5) is 11.3. The first-order chi connectivity index (χ1) is 8.20. The summed E-state index contributed by atoms with van der Waals surface area (Å²) in [5.41, 5.74) is 0. The van der Waals surface area contributed by atoms with Gasteiger partial charge in [0, 0.05) is 6.08 Å². The highest BCUT2D eigenvalue weighted by molar-refractivity contribution is 5.81. The molecule has 8 unspecified atom stereocenters. The lowest BCUT2D eigenvalue weighted by molar-refractivity contribution is -0.147. The van der Waals surface area contributed by atoms with Crippen molar-refractivity contribution in [1.82, 2.24) is 0 Å². The lowest BCUT2D eigenvalue weighted by Crippen LogP contribution is -2.37. The van der Waals surface area contributed by atoms with E-state index in [0.717, 1.165) is 18.8 Å². The average Bonchev–Trinajstić information content (AvgIpc) is 2.76. The number of esters is 1. The van der Waals surface area contributed by atoms with Gasteiger partial charge in [-0.1, -0.05) is 6.58 Å². The van der Waals surface area contributed by atoms with E-state index in [1.165, 1.54) is 12.5 Å². The highest BCUT2D eigenvalue weighted by Gasteiger charge is 2.69. The maximum atomic E-state index is 11.3. The van der Waals surface area contributed by atoms with Crippen LogP contribution >= 0.6 is 0 Å². The molecule has 4 aliphatic carbocycles. The fraction of sp³-hybridized carbons (Fsp3) is 0.786. The molecule has 4 rings (SSSR count). The van der Waals surface area contributed by atoms with Crippen LogP contribution in [0, 0.1) is 35.5 Å². The molecule has 0 aromatic rings. The molecule has 17 heavy (non-hydrogen) atoms. The molecule has 92 valence electrons. The fourth-order valence-corrected chi connectivity index (χ4v) is 5.19. The largest absolute Gasteiger partial charge is 0.459 e. The predicted molar refractivity (Wildman–Crippen MR) is 60.9 cm³/mol. The van der Waals surface area contributed by atoms with Crippen LogP contribution in [-0.2, 0) is 9.53 Å². The Hall–Kier alpha value is -0.830. The number of fused-ring (bicyclic) bond motifs is 7. The predicted octanol–water partition coefficient (Wildman–Crippen LogP) is 1.37. The van der Waals surface area contributed by atoms with E-state index in [1.807, 2.05) is 0 Å². The fourth-order valence-electron chi connectivity index (χ4n) is 5.19. The van der Waals surface area contributed by atoms with Gasteiger partial charge < -0.3 is 9.84 Å². The third kappa shape index (κ3) is 1.18. The van der Waals surface area contributed by atoms with Crippen LogP contribution in [0.2, 0.25) is 0 Å². The second-order valence-corrected chi connectivity index (χ2v) is 6.28. The average molecular weight is 234 g/mol. The highest BCUT2D eigenvalue weighted by atomic mass is 16.5. The molecule has 2 bridgehead atoms. The minimum atomic E-state index is -0.287. The first kappa shape index (κ1) is 10.1. The second-order valence-electron chi connectivity index (χ2n) is 6.28. The Bertz CT molecular complexity index is 391. The highest BCUT2D eigenvalue weighted by Crippen LogP contribution is 2.70. The molecule has 4 saturated carbocycles. The number of aliphatic hydroxyl groups excluding tert-OH is 1. The Balaban J connectivity index is 1.55. The summed E-state index contributed by atoms with van der Waals surface area (Å²) in [7, 11) is 0. The molecule has 0 radical (unpaired) electrons. The SMILES string of the molecule is C=CC(=O)OC1CC2CC1C1C3CC3C(O)C21. The lowest BCUT2D eigenvalue weighted by atomic mass is 9.76. The zero-order valence-corrected chi connectivity index (χ0v) is 9.79. The van der Waals surface area contributed by atoms with Gasteiger partial charge in [-0.25, -0.2) is 4.79 Å². The topological polar surface area (TPSA) is 46.5 Å². The maximum Gasteiger partial charge on any atom is 0.330 e. The molecule has 0 aliphatic heterocycles. The number of hydrogen-bond acceptors (Lipinski definition) is 3. The van der Waals surface area contributed by atoms with Crippen molar-refractivity contribution in [1.29, 1.82) is 0 Å². The van der Waals surface area contributed by atoms with Gasteiger partial charge >= 0.3 is 5.97 Å². The van der Waals surface area contributed by atoms with Crippen LogP contribution in [0.1, 0.15) is 19.3 Å². The van der Waals surface area contributed by atoms with Crippen molar-refractivity contribution in [2.24, 2.45) is 35.5 Å². The molecule has 4 fully saturated rings. The quantitative estimate of drug-likeness (QED) is 0.580. The first-order valence-electron chi connectivity index (χ1n) is 6.72. The third-order valence-electron chi connectivity index (χ3n) is 5.72. The zero-order chi connectivity index (χ0) is 11.7. The van der Waals surface area contributed by atoms with E-state index in [9.17, 15) is 9.90 Å². The van der Waals surface area contributed by atoms with E-state index in [2.05, 4.69) is 6.58 Å². The molecule has 0 spiro atoms. The summed E-state index contributed by atoms with van der Waals surface area (Å²) in [6.07, 6.45) is 4.61. The molecule has 0 aromatic carbocycles. The Morgan fingerprint density at radius 2 is 2.00 bits per heavy atom. The number of aliphatic hydroxyl groups is 1. The van der Waals surface area contributed by atoms with E-state index >= 15 is 0 Å². The third-order valence-corrected chi connectivity index (χ3v) is 5.72. The second kappa shape index (κ2) is 3.14. The maximum absolute atomic E-state index is 11.3. The summed E-state index contributed by atoms with van der Waals surface area (Å²) >= 11 is 0. The van der Waals surface area contributed by atoms with Gasteiger partial charge in [0.05, 0.1) is 6.10 Å². The van der Waals surface area contributed by atoms with Crippen LogP contribution in [0.25, 0.3) is 0 Å². The minimum absolute atomic E-state index is 0.0592. The Labute approximate surface area is 101 Å². The molecule has 0 amide bonds. The molecule has 0 saturated heterocycles. The van der Waals surface area contributed by atoms with E-state index in [4.69, 9.17) is 4.74 Å². The van der Waals surface area contributed by atoms with E-state index in [0.29, 0.717) is 29.6 Å². The molecule has 0 aromatic heterocycles. The van der Waals surface area contributed by atoms with Crippen LogP contribution in [0.4, 0.5) is 0 Å². The lowest BCUT2D eigenvalue weighted by Gasteiger charge is -2.34. The Morgan fingerprint density at radius 1 is 1.18 bits per heavy atom.